The first-order chi connectivity index (χ1) is 12.2. The highest BCUT2D eigenvalue weighted by Crippen LogP contribution is 2.23. The maximum absolute atomic E-state index is 12.5. The molecular weight excluding hydrogens is 318 g/mol. The molecule has 0 unspecified atom stereocenters. The molecule has 1 amide bonds. The van der Waals surface area contributed by atoms with E-state index in [9.17, 15) is 9.59 Å². The van der Waals surface area contributed by atoms with Gasteiger partial charge in [-0.25, -0.2) is 4.79 Å². The van der Waals surface area contributed by atoms with E-state index >= 15 is 0 Å². The number of nitrogens with zero attached hydrogens (tertiary/aromatic N) is 2. The monoisotopic (exact) mass is 343 g/mol. The first-order valence-corrected chi connectivity index (χ1v) is 8.53. The van der Waals surface area contributed by atoms with Crippen molar-refractivity contribution in [1.29, 1.82) is 0 Å². The van der Waals surface area contributed by atoms with Crippen LogP contribution in [0.4, 0.5) is 0 Å². The summed E-state index contributed by atoms with van der Waals surface area (Å²) in [5.74, 6) is 2.09. The van der Waals surface area contributed by atoms with Gasteiger partial charge in [0.05, 0.1) is 19.7 Å². The number of benzene rings is 1. The van der Waals surface area contributed by atoms with E-state index in [2.05, 4.69) is 21.0 Å². The molecule has 25 heavy (non-hydrogen) atoms. The molecule has 1 atom stereocenters. The third-order valence-corrected chi connectivity index (χ3v) is 4.15. The summed E-state index contributed by atoms with van der Waals surface area (Å²) in [5, 5.41) is 2.67. The van der Waals surface area contributed by atoms with E-state index in [0.717, 1.165) is 5.56 Å². The van der Waals surface area contributed by atoms with Crippen molar-refractivity contribution >= 4 is 11.9 Å². The highest BCUT2D eigenvalue weighted by atomic mass is 16.5. The molecule has 1 saturated heterocycles. The Morgan fingerprint density at radius 3 is 2.52 bits per heavy atom. The quantitative estimate of drug-likeness (QED) is 0.582. The van der Waals surface area contributed by atoms with Crippen LogP contribution in [0.1, 0.15) is 18.5 Å². The number of hydrogen-bond acceptors (Lipinski definition) is 5. The van der Waals surface area contributed by atoms with Crippen molar-refractivity contribution in [1.82, 2.24) is 15.1 Å². The number of esters is 1. The van der Waals surface area contributed by atoms with Crippen molar-refractivity contribution in [3.05, 3.63) is 35.9 Å². The minimum Gasteiger partial charge on any atom is -0.465 e. The van der Waals surface area contributed by atoms with Crippen molar-refractivity contribution < 1.29 is 14.3 Å². The maximum atomic E-state index is 12.5. The molecule has 1 heterocycles. The fourth-order valence-corrected chi connectivity index (χ4v) is 2.94. The van der Waals surface area contributed by atoms with E-state index in [4.69, 9.17) is 11.2 Å². The van der Waals surface area contributed by atoms with Gasteiger partial charge in [0.25, 0.3) is 0 Å². The summed E-state index contributed by atoms with van der Waals surface area (Å²) in [6.07, 6.45) is 5.14. The minimum absolute atomic E-state index is 0.0728. The zero-order valence-corrected chi connectivity index (χ0v) is 14.6. The van der Waals surface area contributed by atoms with Gasteiger partial charge in [-0.3, -0.25) is 14.6 Å². The molecule has 0 radical (unpaired) electrons. The van der Waals surface area contributed by atoms with Crippen LogP contribution in [0.2, 0.25) is 0 Å². The van der Waals surface area contributed by atoms with Crippen molar-refractivity contribution in [3.8, 4) is 12.3 Å². The lowest BCUT2D eigenvalue weighted by molar-refractivity contribution is -0.151. The maximum Gasteiger partial charge on any atom is 0.328 e. The molecule has 6 nitrogen and oxygen atoms in total. The van der Waals surface area contributed by atoms with Crippen LogP contribution in [0.3, 0.4) is 0 Å². The molecule has 1 fully saturated rings. The number of hydrogen-bond donors (Lipinski definition) is 1. The van der Waals surface area contributed by atoms with Gasteiger partial charge in [-0.1, -0.05) is 36.3 Å². The smallest absolute Gasteiger partial charge is 0.328 e. The van der Waals surface area contributed by atoms with E-state index in [1.54, 1.807) is 0 Å². The predicted octanol–water partition coefficient (Wildman–Crippen LogP) is 0.658. The van der Waals surface area contributed by atoms with E-state index in [1.165, 1.54) is 0 Å². The van der Waals surface area contributed by atoms with Gasteiger partial charge in [0.1, 0.15) is 6.04 Å². The normalized spacial score (nSPS) is 16.6. The van der Waals surface area contributed by atoms with Crippen LogP contribution in [0.25, 0.3) is 0 Å². The van der Waals surface area contributed by atoms with Gasteiger partial charge in [0.2, 0.25) is 5.91 Å². The molecule has 0 aromatic heterocycles. The highest BCUT2D eigenvalue weighted by molar-refractivity contribution is 5.78. The first kappa shape index (κ1) is 19.0. The van der Waals surface area contributed by atoms with Gasteiger partial charge in [-0.2, -0.15) is 0 Å². The fourth-order valence-electron chi connectivity index (χ4n) is 2.94. The Labute approximate surface area is 149 Å². The zero-order valence-electron chi connectivity index (χ0n) is 14.6. The Balaban J connectivity index is 1.96. The molecule has 134 valence electrons. The Morgan fingerprint density at radius 1 is 1.24 bits per heavy atom. The Hall–Kier alpha value is -2.36. The molecular formula is C19H25N3O3. The number of carbonyl (C=O) groups is 2. The number of carbonyl (C=O) groups excluding carboxylic acids is 2. The number of amides is 1. The van der Waals surface area contributed by atoms with Gasteiger partial charge in [0, 0.05) is 26.2 Å². The van der Waals surface area contributed by atoms with E-state index < -0.39 is 6.04 Å². The van der Waals surface area contributed by atoms with Crippen molar-refractivity contribution in [2.45, 2.75) is 13.0 Å². The molecule has 2 rings (SSSR count). The van der Waals surface area contributed by atoms with Gasteiger partial charge in [-0.15, -0.1) is 6.42 Å². The second-order valence-corrected chi connectivity index (χ2v) is 5.86. The van der Waals surface area contributed by atoms with Crippen LogP contribution in [-0.2, 0) is 14.3 Å². The van der Waals surface area contributed by atoms with E-state index in [-0.39, 0.29) is 18.4 Å². The lowest BCUT2D eigenvalue weighted by Crippen LogP contribution is -2.51. The molecule has 1 aliphatic rings. The summed E-state index contributed by atoms with van der Waals surface area (Å²) in [5.41, 5.74) is 0.932. The van der Waals surface area contributed by atoms with E-state index in [0.29, 0.717) is 39.3 Å². The third kappa shape index (κ3) is 5.59. The lowest BCUT2D eigenvalue weighted by atomic mass is 10.0. The molecule has 0 saturated carbocycles. The molecule has 1 aromatic carbocycles. The van der Waals surface area contributed by atoms with Crippen LogP contribution < -0.4 is 5.32 Å². The number of ether oxygens (including phenoxy) is 1. The lowest BCUT2D eigenvalue weighted by Gasteiger charge is -2.38. The largest absolute Gasteiger partial charge is 0.465 e. The SMILES string of the molecule is C#CCNC(=O)CN1CCN([C@H](C(=O)OCC)c2ccccc2)CC1. The summed E-state index contributed by atoms with van der Waals surface area (Å²) in [6.45, 7) is 5.56. The molecule has 1 aromatic rings. The van der Waals surface area contributed by atoms with Crippen molar-refractivity contribution in [2.75, 3.05) is 45.9 Å². The second kappa shape index (κ2) is 9.82. The summed E-state index contributed by atoms with van der Waals surface area (Å²) in [6, 6.07) is 9.26. The topological polar surface area (TPSA) is 61.9 Å². The standard InChI is InChI=1S/C19H25N3O3/c1-3-10-20-17(23)15-21-11-13-22(14-12-21)18(19(24)25-4-2)16-8-6-5-7-9-16/h1,5-9,18H,4,10-15H2,2H3,(H,20,23)/t18-/m0/s1. The Morgan fingerprint density at radius 2 is 1.92 bits per heavy atom. The third-order valence-electron chi connectivity index (χ3n) is 4.15. The average Bonchev–Trinajstić information content (AvgIpc) is 2.63. The number of nitrogens with one attached hydrogen (secondary N) is 1. The summed E-state index contributed by atoms with van der Waals surface area (Å²) in [7, 11) is 0. The van der Waals surface area contributed by atoms with Crippen molar-refractivity contribution in [3.63, 3.8) is 0 Å². The summed E-state index contributed by atoms with van der Waals surface area (Å²) in [4.78, 5) is 28.4. The van der Waals surface area contributed by atoms with Gasteiger partial charge < -0.3 is 10.1 Å². The molecule has 0 spiro atoms. The molecule has 1 N–H and O–H groups in total. The van der Waals surface area contributed by atoms with E-state index in [1.807, 2.05) is 37.3 Å². The second-order valence-electron chi connectivity index (χ2n) is 5.86. The fraction of sp³-hybridized carbons (Fsp3) is 0.474. The number of piperazine rings is 1. The van der Waals surface area contributed by atoms with Crippen LogP contribution >= 0.6 is 0 Å². The average molecular weight is 343 g/mol. The minimum atomic E-state index is -0.404. The first-order valence-electron chi connectivity index (χ1n) is 8.53. The Bertz CT molecular complexity index is 604. The Kier molecular flexibility index (Phi) is 7.45. The molecule has 0 aliphatic carbocycles. The van der Waals surface area contributed by atoms with Gasteiger partial charge in [0.15, 0.2) is 0 Å². The van der Waals surface area contributed by atoms with Gasteiger partial charge in [-0.05, 0) is 12.5 Å². The predicted molar refractivity (Wildman–Crippen MR) is 95.7 cm³/mol. The molecule has 6 heteroatoms. The van der Waals surface area contributed by atoms with Crippen LogP contribution in [-0.4, -0.2) is 67.6 Å². The zero-order chi connectivity index (χ0) is 18.1. The van der Waals surface area contributed by atoms with Crippen LogP contribution in [0.15, 0.2) is 30.3 Å². The number of rotatable bonds is 7. The number of terminal acetylenes is 1. The molecule has 0 bridgehead atoms. The van der Waals surface area contributed by atoms with Crippen LogP contribution in [0, 0.1) is 12.3 Å². The highest BCUT2D eigenvalue weighted by Gasteiger charge is 2.31. The van der Waals surface area contributed by atoms with Gasteiger partial charge >= 0.3 is 5.97 Å². The van der Waals surface area contributed by atoms with Crippen LogP contribution in [0.5, 0.6) is 0 Å². The van der Waals surface area contributed by atoms with Crippen molar-refractivity contribution in [2.24, 2.45) is 0 Å². The summed E-state index contributed by atoms with van der Waals surface area (Å²) >= 11 is 0. The summed E-state index contributed by atoms with van der Waals surface area (Å²) < 4.78 is 5.27. The molecule has 1 aliphatic heterocycles.